The van der Waals surface area contributed by atoms with Crippen molar-refractivity contribution in [1.82, 2.24) is 15.0 Å². The van der Waals surface area contributed by atoms with E-state index in [1.54, 1.807) is 29.7 Å². The lowest BCUT2D eigenvalue weighted by atomic mass is 10.0. The van der Waals surface area contributed by atoms with Crippen LogP contribution in [0.3, 0.4) is 0 Å². The van der Waals surface area contributed by atoms with Crippen molar-refractivity contribution < 1.29 is 19.0 Å². The van der Waals surface area contributed by atoms with Crippen LogP contribution >= 0.6 is 11.3 Å². The standard InChI is InChI=1S/C17H13N3O4S/c1-22-11-8-12(23-2)20-16(19-11)15-14-13(17(21)24-15)9(5-6-18-14)10-4-3-7-25-10/h3-8,15H,1-2H3. The Labute approximate surface area is 147 Å². The maximum absolute atomic E-state index is 12.5. The number of hydrogen-bond acceptors (Lipinski definition) is 8. The van der Waals surface area contributed by atoms with Crippen molar-refractivity contribution in [3.63, 3.8) is 0 Å². The van der Waals surface area contributed by atoms with Gasteiger partial charge in [0.15, 0.2) is 5.82 Å². The monoisotopic (exact) mass is 355 g/mol. The number of hydrogen-bond donors (Lipinski definition) is 0. The van der Waals surface area contributed by atoms with Crippen molar-refractivity contribution in [1.29, 1.82) is 0 Å². The molecule has 4 rings (SSSR count). The maximum atomic E-state index is 12.5. The zero-order valence-electron chi connectivity index (χ0n) is 13.4. The molecule has 0 saturated carbocycles. The number of carbonyl (C=O) groups excluding carboxylic acids is 1. The van der Waals surface area contributed by atoms with E-state index in [9.17, 15) is 4.79 Å². The van der Waals surface area contributed by atoms with Crippen LogP contribution in [0.5, 0.6) is 11.8 Å². The van der Waals surface area contributed by atoms with Gasteiger partial charge in [0.1, 0.15) is 5.69 Å². The van der Waals surface area contributed by atoms with E-state index in [4.69, 9.17) is 14.2 Å². The molecule has 126 valence electrons. The maximum Gasteiger partial charge on any atom is 0.341 e. The molecule has 0 fully saturated rings. The molecule has 0 N–H and O–H groups in total. The highest BCUT2D eigenvalue weighted by Crippen LogP contribution is 2.39. The summed E-state index contributed by atoms with van der Waals surface area (Å²) in [6.45, 7) is 0. The van der Waals surface area contributed by atoms with Gasteiger partial charge in [-0.3, -0.25) is 4.98 Å². The second-order valence-corrected chi connectivity index (χ2v) is 6.14. The summed E-state index contributed by atoms with van der Waals surface area (Å²) in [6, 6.07) is 7.24. The summed E-state index contributed by atoms with van der Waals surface area (Å²) in [5.74, 6) is 0.461. The fourth-order valence-electron chi connectivity index (χ4n) is 2.67. The van der Waals surface area contributed by atoms with Crippen molar-refractivity contribution in [2.45, 2.75) is 6.10 Å². The highest BCUT2D eigenvalue weighted by atomic mass is 32.1. The molecule has 1 aliphatic heterocycles. The van der Waals surface area contributed by atoms with Gasteiger partial charge in [0.25, 0.3) is 0 Å². The third kappa shape index (κ3) is 2.60. The lowest BCUT2D eigenvalue weighted by molar-refractivity contribution is 0.0437. The first-order valence-electron chi connectivity index (χ1n) is 7.42. The Morgan fingerprint density at radius 3 is 2.56 bits per heavy atom. The van der Waals surface area contributed by atoms with E-state index >= 15 is 0 Å². The molecule has 25 heavy (non-hydrogen) atoms. The average molecular weight is 355 g/mol. The van der Waals surface area contributed by atoms with E-state index in [1.807, 2.05) is 17.5 Å². The molecular weight excluding hydrogens is 342 g/mol. The smallest absolute Gasteiger partial charge is 0.341 e. The van der Waals surface area contributed by atoms with Gasteiger partial charge in [-0.25, -0.2) is 4.79 Å². The summed E-state index contributed by atoms with van der Waals surface area (Å²) in [5.41, 5.74) is 1.73. The average Bonchev–Trinajstić information content (AvgIpc) is 3.29. The van der Waals surface area contributed by atoms with E-state index in [-0.39, 0.29) is 5.82 Å². The van der Waals surface area contributed by atoms with Crippen LogP contribution in [0.1, 0.15) is 28.0 Å². The zero-order valence-corrected chi connectivity index (χ0v) is 14.2. The summed E-state index contributed by atoms with van der Waals surface area (Å²) >= 11 is 1.55. The van der Waals surface area contributed by atoms with Crippen molar-refractivity contribution >= 4 is 17.3 Å². The third-order valence-corrected chi connectivity index (χ3v) is 4.70. The number of carbonyl (C=O) groups is 1. The van der Waals surface area contributed by atoms with Crippen molar-refractivity contribution in [2.75, 3.05) is 14.2 Å². The van der Waals surface area contributed by atoms with E-state index in [0.717, 1.165) is 10.4 Å². The molecule has 0 spiro atoms. The zero-order chi connectivity index (χ0) is 17.4. The van der Waals surface area contributed by atoms with E-state index in [0.29, 0.717) is 23.0 Å². The molecule has 8 heteroatoms. The van der Waals surface area contributed by atoms with E-state index < -0.39 is 12.1 Å². The first-order chi connectivity index (χ1) is 12.2. The molecule has 0 aromatic carbocycles. The Morgan fingerprint density at radius 2 is 1.92 bits per heavy atom. The lowest BCUT2D eigenvalue weighted by Crippen LogP contribution is -2.09. The number of rotatable bonds is 4. The minimum atomic E-state index is -0.800. The number of pyridine rings is 1. The second kappa shape index (κ2) is 6.14. The van der Waals surface area contributed by atoms with Gasteiger partial charge in [-0.2, -0.15) is 9.97 Å². The SMILES string of the molecule is COc1cc(OC)nc(C2OC(=O)c3c(-c4cccs4)ccnc32)n1. The predicted molar refractivity (Wildman–Crippen MR) is 89.9 cm³/mol. The van der Waals surface area contributed by atoms with E-state index in [2.05, 4.69) is 15.0 Å². The van der Waals surface area contributed by atoms with Gasteiger partial charge in [0.2, 0.25) is 17.9 Å². The molecule has 1 aliphatic rings. The number of methoxy groups -OCH3 is 2. The second-order valence-electron chi connectivity index (χ2n) is 5.19. The van der Waals surface area contributed by atoms with Gasteiger partial charge in [0, 0.05) is 16.6 Å². The first-order valence-corrected chi connectivity index (χ1v) is 8.30. The van der Waals surface area contributed by atoms with Crippen molar-refractivity contribution in [3.8, 4) is 22.2 Å². The highest BCUT2D eigenvalue weighted by Gasteiger charge is 2.38. The van der Waals surface area contributed by atoms with Crippen molar-refractivity contribution in [2.24, 2.45) is 0 Å². The third-order valence-electron chi connectivity index (χ3n) is 3.79. The minimum Gasteiger partial charge on any atom is -0.481 e. The number of thiophene rings is 1. The minimum absolute atomic E-state index is 0.263. The molecule has 4 heterocycles. The highest BCUT2D eigenvalue weighted by molar-refractivity contribution is 7.13. The van der Waals surface area contributed by atoms with Crippen LogP contribution in [0.4, 0.5) is 0 Å². The normalized spacial score (nSPS) is 15.6. The molecule has 1 unspecified atom stereocenters. The molecule has 0 aliphatic carbocycles. The van der Waals surface area contributed by atoms with Crippen LogP contribution in [0, 0.1) is 0 Å². The van der Waals surface area contributed by atoms with Gasteiger partial charge in [-0.15, -0.1) is 11.3 Å². The summed E-state index contributed by atoms with van der Waals surface area (Å²) in [5, 5.41) is 1.95. The van der Waals surface area contributed by atoms with Crippen LogP contribution in [0.25, 0.3) is 10.4 Å². The molecule has 0 radical (unpaired) electrons. The van der Waals surface area contributed by atoms with Crippen molar-refractivity contribution in [3.05, 3.63) is 52.9 Å². The Kier molecular flexibility index (Phi) is 3.81. The molecule has 1 atom stereocenters. The summed E-state index contributed by atoms with van der Waals surface area (Å²) in [4.78, 5) is 26.4. The molecular formula is C17H13N3O4S. The van der Waals surface area contributed by atoms with Crippen LogP contribution in [0.15, 0.2) is 35.8 Å². The number of nitrogens with zero attached hydrogens (tertiary/aromatic N) is 3. The van der Waals surface area contributed by atoms with Gasteiger partial charge in [-0.05, 0) is 17.5 Å². The first kappa shape index (κ1) is 15.5. The summed E-state index contributed by atoms with van der Waals surface area (Å²) in [7, 11) is 2.99. The van der Waals surface area contributed by atoms with E-state index in [1.165, 1.54) is 14.2 Å². The Bertz CT molecular complexity index is 921. The fraction of sp³-hybridized carbons (Fsp3) is 0.176. The fourth-order valence-corrected chi connectivity index (χ4v) is 3.43. The lowest BCUT2D eigenvalue weighted by Gasteiger charge is -2.11. The largest absolute Gasteiger partial charge is 0.481 e. The van der Waals surface area contributed by atoms with Crippen LogP contribution in [-0.2, 0) is 4.74 Å². The Hall–Kier alpha value is -3.00. The van der Waals surface area contributed by atoms with Crippen LogP contribution in [-0.4, -0.2) is 35.1 Å². The van der Waals surface area contributed by atoms with Gasteiger partial charge >= 0.3 is 5.97 Å². The van der Waals surface area contributed by atoms with Crippen LogP contribution < -0.4 is 9.47 Å². The molecule has 7 nitrogen and oxygen atoms in total. The number of esters is 1. The predicted octanol–water partition coefficient (Wildman–Crippen LogP) is 2.88. The molecule has 3 aromatic rings. The van der Waals surface area contributed by atoms with Gasteiger partial charge in [-0.1, -0.05) is 6.07 Å². The number of cyclic esters (lactones) is 1. The number of ether oxygens (including phenoxy) is 3. The quantitative estimate of drug-likeness (QED) is 0.665. The van der Waals surface area contributed by atoms with Crippen LogP contribution in [0.2, 0.25) is 0 Å². The Balaban J connectivity index is 1.85. The number of fused-ring (bicyclic) bond motifs is 1. The Morgan fingerprint density at radius 1 is 1.16 bits per heavy atom. The topological polar surface area (TPSA) is 83.4 Å². The van der Waals surface area contributed by atoms with Gasteiger partial charge in [0.05, 0.1) is 25.8 Å². The molecule has 3 aromatic heterocycles. The molecule has 0 amide bonds. The summed E-state index contributed by atoms with van der Waals surface area (Å²) < 4.78 is 15.9. The molecule has 0 saturated heterocycles. The van der Waals surface area contributed by atoms with Gasteiger partial charge < -0.3 is 14.2 Å². The number of aromatic nitrogens is 3. The summed E-state index contributed by atoms with van der Waals surface area (Å²) in [6.07, 6.45) is 0.853. The molecule has 0 bridgehead atoms.